The lowest BCUT2D eigenvalue weighted by Gasteiger charge is -2.72. The van der Waals surface area contributed by atoms with Crippen LogP contribution in [0.25, 0.3) is 0 Å². The number of allylic oxidation sites excluding steroid dienone is 1. The summed E-state index contributed by atoms with van der Waals surface area (Å²) in [6.45, 7) is 23.2. The highest BCUT2D eigenvalue weighted by Gasteiger charge is 2.71. The van der Waals surface area contributed by atoms with E-state index in [0.29, 0.717) is 24.7 Å². The monoisotopic (exact) mass is 826 g/mol. The van der Waals surface area contributed by atoms with E-state index in [2.05, 4.69) is 53.8 Å². The summed E-state index contributed by atoms with van der Waals surface area (Å²) in [6, 6.07) is 0. The van der Waals surface area contributed by atoms with E-state index in [9.17, 15) is 37.5 Å². The first kappa shape index (κ1) is 43.3. The van der Waals surface area contributed by atoms with Crippen LogP contribution in [0.15, 0.2) is 11.1 Å². The molecular formula is C46H70N2O9S. The number of carbonyl (C=O) groups excluding carboxylic acids is 4. The van der Waals surface area contributed by atoms with Crippen LogP contribution in [-0.4, -0.2) is 84.2 Å². The first-order chi connectivity index (χ1) is 26.6. The third-order valence-corrected chi connectivity index (χ3v) is 20.2. The predicted octanol–water partition coefficient (Wildman–Crippen LogP) is 6.78. The molecule has 1 aliphatic heterocycles. The van der Waals surface area contributed by atoms with Gasteiger partial charge in [-0.3, -0.25) is 24.0 Å². The number of sulfone groups is 1. The lowest BCUT2D eigenvalue weighted by molar-refractivity contribution is -0.235. The topological polar surface area (TPSA) is 164 Å². The van der Waals surface area contributed by atoms with Crippen molar-refractivity contribution < 1.29 is 42.2 Å². The number of carbonyl (C=O) groups is 5. The normalized spacial score (nSPS) is 41.3. The standard InChI is InChI=1S/C46H70N2O9S/c1-26(2)34-30(49)25-46(47-38(53)42(7,8)39(54)48-20-22-58(55,56)23-21-48)19-18-44(10)27(35(34)46)12-13-32-43(9)16-15-33(41(5,6)31(43)14-17-45(32,44)11)57-37(52)29-24-28(36(50)51)40(29,3)4/h26-29,31-33H,12-25H2,1-11H3,(H,47,53)(H,50,51)/t27-,28+,29-,31+,32-,33+,43+,44-,45-,46-/m1/s1. The van der Waals surface area contributed by atoms with Crippen LogP contribution in [0.4, 0.5) is 0 Å². The molecule has 7 aliphatic rings. The summed E-state index contributed by atoms with van der Waals surface area (Å²) in [5, 5.41) is 13.0. The average Bonchev–Trinajstić information content (AvgIpc) is 3.40. The SMILES string of the molecule is CC(C)C1=C2[C@H]3CC[C@@H]4[C@@]5(C)CC[C@H](OC(=O)[C@H]6C[C@@H](C(=O)O)C6(C)C)C(C)(C)[C@@H]5CC[C@@]4(C)[C@]3(C)CC[C@@]2(NC(=O)C(C)(C)C(=O)N2CCS(=O)(=O)CC2)CC1=O. The summed E-state index contributed by atoms with van der Waals surface area (Å²) in [4.78, 5) is 69.3. The van der Waals surface area contributed by atoms with Crippen molar-refractivity contribution in [3.63, 3.8) is 0 Å². The molecule has 10 atom stereocenters. The van der Waals surface area contributed by atoms with E-state index in [-0.39, 0.29) is 88.3 Å². The molecule has 6 aliphatic carbocycles. The summed E-state index contributed by atoms with van der Waals surface area (Å²) in [7, 11) is -3.21. The quantitative estimate of drug-likeness (QED) is 0.208. The molecule has 11 nitrogen and oxygen atoms in total. The van der Waals surface area contributed by atoms with Crippen molar-refractivity contribution in [1.29, 1.82) is 0 Å². The zero-order chi connectivity index (χ0) is 43.0. The Labute approximate surface area is 346 Å². The number of hydrogen-bond acceptors (Lipinski definition) is 8. The molecule has 12 heteroatoms. The largest absolute Gasteiger partial charge is 0.481 e. The van der Waals surface area contributed by atoms with Gasteiger partial charge in [0.15, 0.2) is 15.6 Å². The Balaban J connectivity index is 1.14. The molecule has 5 saturated carbocycles. The molecule has 1 heterocycles. The molecule has 0 aromatic carbocycles. The van der Waals surface area contributed by atoms with Crippen molar-refractivity contribution in [2.75, 3.05) is 24.6 Å². The fourth-order valence-corrected chi connectivity index (χ4v) is 15.9. The lowest BCUT2D eigenvalue weighted by Crippen LogP contribution is -2.68. The van der Waals surface area contributed by atoms with Crippen molar-refractivity contribution >= 4 is 39.4 Å². The van der Waals surface area contributed by atoms with E-state index in [1.807, 2.05) is 13.8 Å². The zero-order valence-electron chi connectivity index (χ0n) is 37.0. The second kappa shape index (κ2) is 13.6. The zero-order valence-corrected chi connectivity index (χ0v) is 37.8. The first-order valence-electron chi connectivity index (χ1n) is 22.1. The number of Topliss-reactive ketones (excluding diaryl/α,β-unsaturated/α-hetero) is 1. The minimum Gasteiger partial charge on any atom is -0.481 e. The van der Waals surface area contributed by atoms with Crippen LogP contribution < -0.4 is 5.32 Å². The number of esters is 1. The fourth-order valence-electron chi connectivity index (χ4n) is 14.7. The molecule has 7 rings (SSSR count). The van der Waals surface area contributed by atoms with Crippen molar-refractivity contribution in [1.82, 2.24) is 10.2 Å². The summed E-state index contributed by atoms with van der Waals surface area (Å²) in [5.74, 6) is -2.21. The summed E-state index contributed by atoms with van der Waals surface area (Å²) >= 11 is 0. The average molecular weight is 827 g/mol. The van der Waals surface area contributed by atoms with Gasteiger partial charge in [-0.25, -0.2) is 8.42 Å². The van der Waals surface area contributed by atoms with Gasteiger partial charge >= 0.3 is 11.9 Å². The molecule has 0 unspecified atom stereocenters. The van der Waals surface area contributed by atoms with Crippen LogP contribution in [0.2, 0.25) is 0 Å². The third-order valence-electron chi connectivity index (χ3n) is 18.6. The van der Waals surface area contributed by atoms with Gasteiger partial charge in [-0.2, -0.15) is 0 Å². The molecule has 324 valence electrons. The number of carboxylic acid groups (broad SMARTS) is 1. The number of ether oxygens (including phenoxy) is 1. The third kappa shape index (κ3) is 6.11. The van der Waals surface area contributed by atoms with Crippen molar-refractivity contribution in [2.45, 2.75) is 152 Å². The summed E-state index contributed by atoms with van der Waals surface area (Å²) in [6.07, 6.45) is 7.34. The Morgan fingerprint density at radius 1 is 0.828 bits per heavy atom. The van der Waals surface area contributed by atoms with E-state index in [1.165, 1.54) is 4.90 Å². The first-order valence-corrected chi connectivity index (χ1v) is 24.0. The molecular weight excluding hydrogens is 757 g/mol. The van der Waals surface area contributed by atoms with Gasteiger partial charge in [0.05, 0.1) is 28.9 Å². The Morgan fingerprint density at radius 2 is 1.47 bits per heavy atom. The number of rotatable bonds is 7. The van der Waals surface area contributed by atoms with Crippen molar-refractivity contribution in [2.24, 2.45) is 68.0 Å². The van der Waals surface area contributed by atoms with E-state index in [4.69, 9.17) is 4.74 Å². The van der Waals surface area contributed by atoms with E-state index in [1.54, 1.807) is 13.8 Å². The Kier molecular flexibility index (Phi) is 10.2. The number of nitrogens with one attached hydrogen (secondary N) is 1. The molecule has 0 aromatic heterocycles. The van der Waals surface area contributed by atoms with Crippen LogP contribution >= 0.6 is 0 Å². The molecule has 1 saturated heterocycles. The van der Waals surface area contributed by atoms with Gasteiger partial charge in [0.2, 0.25) is 11.8 Å². The van der Waals surface area contributed by atoms with Crippen LogP contribution in [0.1, 0.15) is 140 Å². The molecule has 6 fully saturated rings. The Bertz CT molecular complexity index is 1940. The van der Waals surface area contributed by atoms with Gasteiger partial charge in [-0.1, -0.05) is 62.3 Å². The number of amides is 2. The van der Waals surface area contributed by atoms with Crippen LogP contribution in [0.5, 0.6) is 0 Å². The van der Waals surface area contributed by atoms with Crippen molar-refractivity contribution in [3.05, 3.63) is 11.1 Å². The Morgan fingerprint density at radius 3 is 2.05 bits per heavy atom. The number of aliphatic carboxylic acids is 1. The predicted molar refractivity (Wildman–Crippen MR) is 220 cm³/mol. The molecule has 2 N–H and O–H groups in total. The van der Waals surface area contributed by atoms with Gasteiger partial charge in [-0.15, -0.1) is 0 Å². The molecule has 2 amide bonds. The van der Waals surface area contributed by atoms with Gasteiger partial charge in [0, 0.05) is 24.9 Å². The molecule has 0 aromatic rings. The van der Waals surface area contributed by atoms with Gasteiger partial charge < -0.3 is 20.1 Å². The number of fused-ring (bicyclic) bond motifs is 7. The Hall–Kier alpha value is -2.76. The molecule has 0 radical (unpaired) electrons. The fraction of sp³-hybridized carbons (Fsp3) is 0.848. The highest BCUT2D eigenvalue weighted by Crippen LogP contribution is 2.76. The summed E-state index contributed by atoms with van der Waals surface area (Å²) < 4.78 is 30.6. The smallest absolute Gasteiger partial charge is 0.309 e. The molecule has 58 heavy (non-hydrogen) atoms. The van der Waals surface area contributed by atoms with Crippen LogP contribution in [-0.2, 0) is 38.5 Å². The van der Waals surface area contributed by atoms with E-state index >= 15 is 0 Å². The highest BCUT2D eigenvalue weighted by atomic mass is 32.2. The number of carboxylic acids is 1. The number of ketones is 1. The molecule has 0 bridgehead atoms. The number of hydrogen-bond donors (Lipinski definition) is 2. The second-order valence-corrected chi connectivity index (χ2v) is 24.9. The van der Waals surface area contributed by atoms with Gasteiger partial charge in [0.1, 0.15) is 11.5 Å². The van der Waals surface area contributed by atoms with E-state index in [0.717, 1.165) is 56.1 Å². The van der Waals surface area contributed by atoms with Gasteiger partial charge in [0.25, 0.3) is 0 Å². The maximum atomic E-state index is 14.4. The second-order valence-electron chi connectivity index (χ2n) is 22.6. The minimum absolute atomic E-state index is 0.000787. The maximum absolute atomic E-state index is 14.4. The minimum atomic E-state index is -3.21. The number of nitrogens with zero attached hydrogens (tertiary/aromatic N) is 1. The molecule has 0 spiro atoms. The highest BCUT2D eigenvalue weighted by molar-refractivity contribution is 7.91. The summed E-state index contributed by atoms with van der Waals surface area (Å²) in [5.41, 5.74) is -1.49. The van der Waals surface area contributed by atoms with Gasteiger partial charge in [-0.05, 0) is 128 Å². The van der Waals surface area contributed by atoms with Crippen LogP contribution in [0.3, 0.4) is 0 Å². The van der Waals surface area contributed by atoms with E-state index < -0.39 is 49.9 Å². The lowest BCUT2D eigenvalue weighted by atomic mass is 9.33. The van der Waals surface area contributed by atoms with Crippen molar-refractivity contribution in [3.8, 4) is 0 Å². The van der Waals surface area contributed by atoms with Crippen LogP contribution in [0, 0.1) is 68.0 Å². The maximum Gasteiger partial charge on any atom is 0.309 e.